The number of hydrogen-bond donors (Lipinski definition) is 1. The number of rotatable bonds is 5. The summed E-state index contributed by atoms with van der Waals surface area (Å²) in [6, 6.07) is 8.19. The Morgan fingerprint density at radius 2 is 2.14 bits per heavy atom. The third-order valence-corrected chi connectivity index (χ3v) is 4.92. The Labute approximate surface area is 165 Å². The van der Waals surface area contributed by atoms with E-state index in [-0.39, 0.29) is 23.0 Å². The predicted molar refractivity (Wildman–Crippen MR) is 104 cm³/mol. The number of carbonyl (C=O) groups is 1. The van der Waals surface area contributed by atoms with Crippen LogP contribution in [0.4, 0.5) is 8.78 Å². The van der Waals surface area contributed by atoms with Gasteiger partial charge in [-0.25, -0.2) is 4.98 Å². The summed E-state index contributed by atoms with van der Waals surface area (Å²) < 4.78 is 34.7. The lowest BCUT2D eigenvalue weighted by Gasteiger charge is -2.27. The number of ether oxygens (including phenoxy) is 2. The molecule has 1 aromatic carbocycles. The van der Waals surface area contributed by atoms with Crippen LogP contribution in [0.1, 0.15) is 22.3 Å². The molecule has 0 saturated heterocycles. The van der Waals surface area contributed by atoms with Crippen molar-refractivity contribution in [3.63, 3.8) is 0 Å². The molecule has 0 aliphatic carbocycles. The largest absolute Gasteiger partial charge is 0.493 e. The summed E-state index contributed by atoms with van der Waals surface area (Å²) in [6.45, 7) is -2.05. The number of carbonyl (C=O) groups excluding carboxylic acids is 1. The van der Waals surface area contributed by atoms with E-state index >= 15 is 0 Å². The molecule has 4 rings (SSSR count). The van der Waals surface area contributed by atoms with Crippen molar-refractivity contribution in [2.24, 2.45) is 0 Å². The second kappa shape index (κ2) is 7.90. The van der Waals surface area contributed by atoms with Crippen LogP contribution in [0.15, 0.2) is 48.8 Å². The molecule has 3 aromatic rings. The number of nitrogens with zero attached hydrogens (tertiary/aromatic N) is 2. The molecule has 1 N–H and O–H groups in total. The zero-order valence-corrected chi connectivity index (χ0v) is 15.7. The van der Waals surface area contributed by atoms with E-state index in [1.54, 1.807) is 17.2 Å². The highest BCUT2D eigenvalue weighted by molar-refractivity contribution is 5.96. The van der Waals surface area contributed by atoms with Crippen molar-refractivity contribution in [2.45, 2.75) is 13.0 Å². The summed E-state index contributed by atoms with van der Waals surface area (Å²) in [5.74, 6) is -0.258. The van der Waals surface area contributed by atoms with Gasteiger partial charge in [-0.1, -0.05) is 6.08 Å². The maximum atomic E-state index is 12.8. The molecular formula is C21H19F2N3O3. The number of halogens is 2. The minimum atomic E-state index is -3.00. The minimum absolute atomic E-state index is 0.149. The van der Waals surface area contributed by atoms with Crippen LogP contribution in [-0.2, 0) is 0 Å². The molecule has 0 fully saturated rings. The Kier molecular flexibility index (Phi) is 5.16. The zero-order valence-electron chi connectivity index (χ0n) is 15.7. The van der Waals surface area contributed by atoms with Gasteiger partial charge in [0.15, 0.2) is 11.5 Å². The molecular weight excluding hydrogens is 380 g/mol. The minimum Gasteiger partial charge on any atom is -0.493 e. The normalized spacial score (nSPS) is 14.2. The van der Waals surface area contributed by atoms with E-state index in [0.717, 1.165) is 22.2 Å². The van der Waals surface area contributed by atoms with Gasteiger partial charge in [-0.3, -0.25) is 4.79 Å². The third kappa shape index (κ3) is 3.78. The predicted octanol–water partition coefficient (Wildman–Crippen LogP) is 4.10. The lowest BCUT2D eigenvalue weighted by molar-refractivity contribution is -0.0512. The van der Waals surface area contributed by atoms with Crippen molar-refractivity contribution < 1.29 is 23.0 Å². The van der Waals surface area contributed by atoms with Crippen molar-refractivity contribution in [1.29, 1.82) is 0 Å². The summed E-state index contributed by atoms with van der Waals surface area (Å²) in [5.41, 5.74) is 3.32. The van der Waals surface area contributed by atoms with E-state index in [1.165, 1.54) is 19.2 Å². The number of pyridine rings is 1. The van der Waals surface area contributed by atoms with Gasteiger partial charge in [-0.05, 0) is 42.3 Å². The number of hydrogen-bond acceptors (Lipinski definition) is 4. The SMILES string of the molecule is COc1ccc(C(=O)N2CC=C(c3c[nH]c4ncccc34)CC2)cc1OC(F)F. The highest BCUT2D eigenvalue weighted by Gasteiger charge is 2.22. The molecule has 0 spiro atoms. The molecule has 0 unspecified atom stereocenters. The first-order chi connectivity index (χ1) is 14.1. The van der Waals surface area contributed by atoms with Crippen LogP contribution in [0.3, 0.4) is 0 Å². The highest BCUT2D eigenvalue weighted by atomic mass is 19.3. The van der Waals surface area contributed by atoms with Gasteiger partial charge in [0.05, 0.1) is 7.11 Å². The second-order valence-corrected chi connectivity index (χ2v) is 6.58. The number of aromatic nitrogens is 2. The number of H-pyrrole nitrogens is 1. The van der Waals surface area contributed by atoms with Crippen molar-refractivity contribution in [1.82, 2.24) is 14.9 Å². The van der Waals surface area contributed by atoms with Crippen LogP contribution >= 0.6 is 0 Å². The van der Waals surface area contributed by atoms with Gasteiger partial charge in [-0.2, -0.15) is 8.78 Å². The highest BCUT2D eigenvalue weighted by Crippen LogP contribution is 2.31. The van der Waals surface area contributed by atoms with Gasteiger partial charge in [0.1, 0.15) is 5.65 Å². The van der Waals surface area contributed by atoms with E-state index in [1.807, 2.05) is 24.4 Å². The van der Waals surface area contributed by atoms with E-state index in [9.17, 15) is 13.6 Å². The molecule has 0 bridgehead atoms. The Morgan fingerprint density at radius 3 is 2.86 bits per heavy atom. The molecule has 29 heavy (non-hydrogen) atoms. The van der Waals surface area contributed by atoms with Gasteiger partial charge in [0.2, 0.25) is 0 Å². The molecule has 0 atom stereocenters. The van der Waals surface area contributed by atoms with Crippen LogP contribution in [-0.4, -0.2) is 47.6 Å². The van der Waals surface area contributed by atoms with Crippen molar-refractivity contribution in [2.75, 3.05) is 20.2 Å². The van der Waals surface area contributed by atoms with Gasteiger partial charge in [-0.15, -0.1) is 0 Å². The second-order valence-electron chi connectivity index (χ2n) is 6.58. The Bertz CT molecular complexity index is 1080. The molecule has 3 heterocycles. The quantitative estimate of drug-likeness (QED) is 0.701. The summed E-state index contributed by atoms with van der Waals surface area (Å²) in [6.07, 6.45) is 6.36. The monoisotopic (exact) mass is 399 g/mol. The fourth-order valence-corrected chi connectivity index (χ4v) is 3.50. The molecule has 8 heteroatoms. The van der Waals surface area contributed by atoms with Crippen LogP contribution in [0.2, 0.25) is 0 Å². The van der Waals surface area contributed by atoms with Crippen molar-refractivity contribution >= 4 is 22.5 Å². The zero-order chi connectivity index (χ0) is 20.4. The fraction of sp³-hybridized carbons (Fsp3) is 0.238. The number of aromatic amines is 1. The summed E-state index contributed by atoms with van der Waals surface area (Å²) in [7, 11) is 1.35. The van der Waals surface area contributed by atoms with Gasteiger partial charge >= 0.3 is 6.61 Å². The molecule has 2 aromatic heterocycles. The van der Waals surface area contributed by atoms with E-state index in [4.69, 9.17) is 4.74 Å². The van der Waals surface area contributed by atoms with Gasteiger partial charge < -0.3 is 19.4 Å². The topological polar surface area (TPSA) is 67.5 Å². The lowest BCUT2D eigenvalue weighted by Crippen LogP contribution is -2.34. The first kappa shape index (κ1) is 18.9. The molecule has 0 saturated carbocycles. The van der Waals surface area contributed by atoms with Crippen molar-refractivity contribution in [3.05, 3.63) is 59.9 Å². The van der Waals surface area contributed by atoms with E-state index < -0.39 is 6.61 Å². The number of fused-ring (bicyclic) bond motifs is 1. The molecule has 1 amide bonds. The molecule has 150 valence electrons. The van der Waals surface area contributed by atoms with Gasteiger partial charge in [0, 0.05) is 42.0 Å². The third-order valence-electron chi connectivity index (χ3n) is 4.92. The van der Waals surface area contributed by atoms with E-state index in [2.05, 4.69) is 14.7 Å². The lowest BCUT2D eigenvalue weighted by atomic mass is 9.99. The number of nitrogens with one attached hydrogen (secondary N) is 1. The Hall–Kier alpha value is -3.42. The van der Waals surface area contributed by atoms with Crippen LogP contribution < -0.4 is 9.47 Å². The Morgan fingerprint density at radius 1 is 1.28 bits per heavy atom. The number of amides is 1. The molecule has 1 aliphatic heterocycles. The molecule has 1 aliphatic rings. The van der Waals surface area contributed by atoms with Crippen LogP contribution in [0.5, 0.6) is 11.5 Å². The van der Waals surface area contributed by atoms with Crippen LogP contribution in [0.25, 0.3) is 16.6 Å². The summed E-state index contributed by atoms with van der Waals surface area (Å²) >= 11 is 0. The first-order valence-electron chi connectivity index (χ1n) is 9.10. The smallest absolute Gasteiger partial charge is 0.387 e. The maximum Gasteiger partial charge on any atom is 0.387 e. The number of benzene rings is 1. The van der Waals surface area contributed by atoms with Crippen LogP contribution in [0, 0.1) is 0 Å². The number of methoxy groups -OCH3 is 1. The van der Waals surface area contributed by atoms with E-state index in [0.29, 0.717) is 19.5 Å². The summed E-state index contributed by atoms with van der Waals surface area (Å²) in [5, 5.41) is 1.04. The van der Waals surface area contributed by atoms with Gasteiger partial charge in [0.25, 0.3) is 5.91 Å². The van der Waals surface area contributed by atoms with Crippen molar-refractivity contribution in [3.8, 4) is 11.5 Å². The fourth-order valence-electron chi connectivity index (χ4n) is 3.50. The number of alkyl halides is 2. The molecule has 6 nitrogen and oxygen atoms in total. The first-order valence-corrected chi connectivity index (χ1v) is 9.10. The molecule has 0 radical (unpaired) electrons. The maximum absolute atomic E-state index is 12.8. The average Bonchev–Trinajstić information content (AvgIpc) is 3.17. The average molecular weight is 399 g/mol. The Balaban J connectivity index is 1.53. The summed E-state index contributed by atoms with van der Waals surface area (Å²) in [4.78, 5) is 22.0. The standard InChI is InChI=1S/C21H19F2N3O3/c1-28-17-5-4-14(11-18(17)29-21(22)23)20(27)26-9-6-13(7-10-26)16-12-25-19-15(16)3-2-8-24-19/h2-6,8,11-12,21H,7,9-10H2,1H3,(H,24,25).